The molecule has 0 atom stereocenters. The predicted molar refractivity (Wildman–Crippen MR) is 82.1 cm³/mol. The topological polar surface area (TPSA) is 101 Å². The van der Waals surface area contributed by atoms with Crippen molar-refractivity contribution in [2.45, 2.75) is 13.8 Å². The highest BCUT2D eigenvalue weighted by Gasteiger charge is 2.15. The molecule has 0 saturated carbocycles. The van der Waals surface area contributed by atoms with Gasteiger partial charge in [-0.2, -0.15) is 4.52 Å². The van der Waals surface area contributed by atoms with Gasteiger partial charge >= 0.3 is 0 Å². The number of benzene rings is 1. The maximum atomic E-state index is 12.2. The van der Waals surface area contributed by atoms with Crippen LogP contribution in [0, 0.1) is 6.92 Å². The minimum absolute atomic E-state index is 0.174. The molecule has 1 aromatic carbocycles. The molecule has 2 aromatic heterocycles. The number of aromatic nitrogens is 4. The number of nitrogens with zero attached hydrogens (tertiary/aromatic N) is 4. The molecule has 0 bridgehead atoms. The van der Waals surface area contributed by atoms with Gasteiger partial charge in [-0.3, -0.25) is 9.59 Å². The normalized spacial score (nSPS) is 10.6. The van der Waals surface area contributed by atoms with Crippen LogP contribution in [0.15, 0.2) is 24.3 Å². The number of nitrogens with one attached hydrogen (secondary N) is 2. The van der Waals surface area contributed by atoms with E-state index in [4.69, 9.17) is 0 Å². The Balaban J connectivity index is 1.80. The van der Waals surface area contributed by atoms with Crippen molar-refractivity contribution in [1.82, 2.24) is 19.8 Å². The largest absolute Gasteiger partial charge is 0.326 e. The minimum Gasteiger partial charge on any atom is -0.326 e. The molecular weight excluding hydrogens is 304 g/mol. The average molecular weight is 316 g/mol. The zero-order valence-electron chi connectivity index (χ0n) is 11.8. The minimum atomic E-state index is -0.338. The third-order valence-corrected chi connectivity index (χ3v) is 3.68. The van der Waals surface area contributed by atoms with E-state index in [9.17, 15) is 9.59 Å². The highest BCUT2D eigenvalue weighted by atomic mass is 32.1. The summed E-state index contributed by atoms with van der Waals surface area (Å²) in [6.07, 6.45) is 0. The standard InChI is InChI=1S/C13H12N6O2S/c1-7-16-17-13-19(7)18-12(22-13)11(21)15-10-5-3-4-9(6-10)14-8(2)20/h3-6H,1-2H3,(H,14,20)(H,15,21). The number of hydrogen-bond acceptors (Lipinski definition) is 6. The summed E-state index contributed by atoms with van der Waals surface area (Å²) in [6.45, 7) is 3.19. The Morgan fingerprint density at radius 1 is 1.18 bits per heavy atom. The molecule has 2 N–H and O–H groups in total. The molecule has 112 valence electrons. The number of carbonyl (C=O) groups is 2. The van der Waals surface area contributed by atoms with E-state index in [0.29, 0.717) is 22.2 Å². The lowest BCUT2D eigenvalue weighted by atomic mass is 10.2. The van der Waals surface area contributed by atoms with Crippen molar-refractivity contribution in [2.75, 3.05) is 10.6 Å². The van der Waals surface area contributed by atoms with Gasteiger partial charge in [-0.25, -0.2) is 0 Å². The summed E-state index contributed by atoms with van der Waals surface area (Å²) in [5.74, 6) is 0.112. The molecule has 0 fully saturated rings. The summed E-state index contributed by atoms with van der Waals surface area (Å²) in [7, 11) is 0. The van der Waals surface area contributed by atoms with Crippen molar-refractivity contribution in [3.63, 3.8) is 0 Å². The first-order chi connectivity index (χ1) is 10.5. The Hall–Kier alpha value is -2.81. The summed E-state index contributed by atoms with van der Waals surface area (Å²) in [5.41, 5.74) is 1.18. The summed E-state index contributed by atoms with van der Waals surface area (Å²) in [4.78, 5) is 23.8. The number of aryl methyl sites for hydroxylation is 1. The molecule has 0 unspecified atom stereocenters. The van der Waals surface area contributed by atoms with Crippen LogP contribution in [0.2, 0.25) is 0 Å². The number of rotatable bonds is 3. The van der Waals surface area contributed by atoms with E-state index in [2.05, 4.69) is 25.9 Å². The van der Waals surface area contributed by atoms with E-state index in [1.54, 1.807) is 31.2 Å². The van der Waals surface area contributed by atoms with Gasteiger partial charge in [-0.15, -0.1) is 15.3 Å². The molecule has 2 amide bonds. The van der Waals surface area contributed by atoms with Gasteiger partial charge in [-0.1, -0.05) is 17.4 Å². The van der Waals surface area contributed by atoms with Crippen LogP contribution in [0.5, 0.6) is 0 Å². The lowest BCUT2D eigenvalue weighted by Crippen LogP contribution is -2.13. The van der Waals surface area contributed by atoms with Crippen LogP contribution in [0.25, 0.3) is 4.96 Å². The average Bonchev–Trinajstić information content (AvgIpc) is 3.01. The van der Waals surface area contributed by atoms with E-state index in [1.165, 1.54) is 11.4 Å². The van der Waals surface area contributed by atoms with E-state index in [-0.39, 0.29) is 16.8 Å². The third kappa shape index (κ3) is 2.79. The van der Waals surface area contributed by atoms with Crippen LogP contribution >= 0.6 is 11.3 Å². The summed E-state index contributed by atoms with van der Waals surface area (Å²) in [5, 5.41) is 17.6. The van der Waals surface area contributed by atoms with Crippen molar-refractivity contribution in [3.05, 3.63) is 35.1 Å². The molecule has 0 aliphatic heterocycles. The Kier molecular flexibility index (Phi) is 3.55. The van der Waals surface area contributed by atoms with E-state index >= 15 is 0 Å². The first-order valence-electron chi connectivity index (χ1n) is 6.41. The molecule has 2 heterocycles. The maximum Gasteiger partial charge on any atom is 0.286 e. The van der Waals surface area contributed by atoms with Crippen molar-refractivity contribution >= 4 is 39.5 Å². The van der Waals surface area contributed by atoms with Crippen molar-refractivity contribution < 1.29 is 9.59 Å². The molecule has 0 aliphatic carbocycles. The van der Waals surface area contributed by atoms with Gasteiger partial charge in [0, 0.05) is 18.3 Å². The molecule has 9 heteroatoms. The van der Waals surface area contributed by atoms with E-state index < -0.39 is 0 Å². The quantitative estimate of drug-likeness (QED) is 0.766. The molecule has 3 aromatic rings. The number of hydrogen-bond donors (Lipinski definition) is 2. The Morgan fingerprint density at radius 2 is 1.91 bits per heavy atom. The number of amides is 2. The van der Waals surface area contributed by atoms with Crippen molar-refractivity contribution in [2.24, 2.45) is 0 Å². The molecule has 8 nitrogen and oxygen atoms in total. The molecule has 0 saturated heterocycles. The summed E-state index contributed by atoms with van der Waals surface area (Å²) in [6, 6.07) is 6.88. The van der Waals surface area contributed by atoms with Gasteiger partial charge in [0.15, 0.2) is 5.82 Å². The molecular formula is C13H12N6O2S. The van der Waals surface area contributed by atoms with Crippen LogP contribution in [0.4, 0.5) is 11.4 Å². The van der Waals surface area contributed by atoms with Crippen LogP contribution in [-0.2, 0) is 4.79 Å². The first kappa shape index (κ1) is 14.1. The Labute approximate surface area is 129 Å². The molecule has 0 radical (unpaired) electrons. The highest BCUT2D eigenvalue weighted by molar-refractivity contribution is 7.18. The third-order valence-electron chi connectivity index (χ3n) is 2.78. The Morgan fingerprint density at radius 3 is 2.59 bits per heavy atom. The zero-order valence-corrected chi connectivity index (χ0v) is 12.6. The molecule has 3 rings (SSSR count). The molecule has 0 aliphatic rings. The second-order valence-electron chi connectivity index (χ2n) is 4.56. The fourth-order valence-electron chi connectivity index (χ4n) is 1.87. The summed E-state index contributed by atoms with van der Waals surface area (Å²) >= 11 is 1.16. The fourth-order valence-corrected chi connectivity index (χ4v) is 2.65. The SMILES string of the molecule is CC(=O)Nc1cccc(NC(=O)c2nn3c(C)nnc3s2)c1. The van der Waals surface area contributed by atoms with Crippen molar-refractivity contribution in [3.8, 4) is 0 Å². The van der Waals surface area contributed by atoms with Gasteiger partial charge in [0.25, 0.3) is 5.91 Å². The number of fused-ring (bicyclic) bond motifs is 1. The molecule has 0 spiro atoms. The highest BCUT2D eigenvalue weighted by Crippen LogP contribution is 2.18. The number of anilines is 2. The van der Waals surface area contributed by atoms with Gasteiger partial charge in [0.05, 0.1) is 0 Å². The first-order valence-corrected chi connectivity index (χ1v) is 7.22. The van der Waals surface area contributed by atoms with Crippen LogP contribution in [0.1, 0.15) is 22.6 Å². The lowest BCUT2D eigenvalue weighted by Gasteiger charge is -2.06. The van der Waals surface area contributed by atoms with E-state index in [0.717, 1.165) is 11.3 Å². The fraction of sp³-hybridized carbons (Fsp3) is 0.154. The van der Waals surface area contributed by atoms with E-state index in [1.807, 2.05) is 0 Å². The predicted octanol–water partition coefficient (Wildman–Crippen LogP) is 1.70. The van der Waals surface area contributed by atoms with Crippen LogP contribution < -0.4 is 10.6 Å². The van der Waals surface area contributed by atoms with Crippen LogP contribution in [-0.4, -0.2) is 31.6 Å². The monoisotopic (exact) mass is 316 g/mol. The van der Waals surface area contributed by atoms with Gasteiger partial charge in [-0.05, 0) is 25.1 Å². The smallest absolute Gasteiger partial charge is 0.286 e. The maximum absolute atomic E-state index is 12.2. The summed E-state index contributed by atoms with van der Waals surface area (Å²) < 4.78 is 1.52. The number of carbonyl (C=O) groups excluding carboxylic acids is 2. The van der Waals surface area contributed by atoms with Gasteiger partial charge in [0.1, 0.15) is 0 Å². The molecule has 22 heavy (non-hydrogen) atoms. The zero-order chi connectivity index (χ0) is 15.7. The lowest BCUT2D eigenvalue weighted by molar-refractivity contribution is -0.114. The second kappa shape index (κ2) is 5.53. The van der Waals surface area contributed by atoms with Gasteiger partial charge in [0.2, 0.25) is 15.9 Å². The van der Waals surface area contributed by atoms with Gasteiger partial charge < -0.3 is 10.6 Å². The van der Waals surface area contributed by atoms with Crippen LogP contribution in [0.3, 0.4) is 0 Å². The second-order valence-corrected chi connectivity index (χ2v) is 5.52. The Bertz CT molecular complexity index is 868. The van der Waals surface area contributed by atoms with Crippen molar-refractivity contribution in [1.29, 1.82) is 0 Å².